The van der Waals surface area contributed by atoms with Gasteiger partial charge in [-0.3, -0.25) is 9.36 Å². The number of amides is 1. The summed E-state index contributed by atoms with van der Waals surface area (Å²) in [5.74, 6) is 0.962. The minimum atomic E-state index is 0.0203. The predicted octanol–water partition coefficient (Wildman–Crippen LogP) is 3.77. The van der Waals surface area contributed by atoms with Crippen LogP contribution >= 0.6 is 23.4 Å². The molecule has 1 amide bonds. The van der Waals surface area contributed by atoms with Gasteiger partial charge < -0.3 is 4.90 Å². The molecule has 1 heterocycles. The molecule has 0 atom stereocenters. The average molecular weight is 373 g/mol. The second kappa shape index (κ2) is 7.72. The number of hydrogen-bond donors (Lipinski definition) is 0. The summed E-state index contributed by atoms with van der Waals surface area (Å²) in [7, 11) is 3.47. The van der Waals surface area contributed by atoms with Crippen LogP contribution in [0.2, 0.25) is 5.02 Å². The molecule has 3 rings (SSSR count). The van der Waals surface area contributed by atoms with Gasteiger partial charge in [-0.15, -0.1) is 10.2 Å². The van der Waals surface area contributed by atoms with Gasteiger partial charge in [0.1, 0.15) is 0 Å². The molecule has 0 fully saturated rings. The van der Waals surface area contributed by atoms with Crippen LogP contribution in [-0.4, -0.2) is 45.4 Å². The molecule has 3 aromatic rings. The van der Waals surface area contributed by atoms with E-state index in [1.807, 2.05) is 59.2 Å². The monoisotopic (exact) mass is 372 g/mol. The first-order valence-electron chi connectivity index (χ1n) is 7.66. The molecule has 0 aliphatic heterocycles. The third-order valence-electron chi connectivity index (χ3n) is 3.59. The Labute approximate surface area is 155 Å². The molecule has 0 bridgehead atoms. The molecule has 1 aromatic heterocycles. The average Bonchev–Trinajstić information content (AvgIpc) is 3.04. The lowest BCUT2D eigenvalue weighted by Gasteiger charge is -2.12. The standard InChI is InChI=1S/C18H17ClN4OS/c1-22(2)16(24)12-25-18-21-20-17(14-10-6-7-11-15(14)19)23(18)13-8-4-3-5-9-13/h3-11H,12H2,1-2H3. The molecular weight excluding hydrogens is 356 g/mol. The van der Waals surface area contributed by atoms with Gasteiger partial charge in [-0.1, -0.05) is 53.7 Å². The lowest BCUT2D eigenvalue weighted by Crippen LogP contribution is -2.23. The van der Waals surface area contributed by atoms with Crippen molar-refractivity contribution in [3.05, 3.63) is 59.6 Å². The number of halogens is 1. The van der Waals surface area contributed by atoms with Crippen molar-refractivity contribution in [2.45, 2.75) is 5.16 Å². The summed E-state index contributed by atoms with van der Waals surface area (Å²) in [6.45, 7) is 0. The van der Waals surface area contributed by atoms with Gasteiger partial charge in [0, 0.05) is 25.3 Å². The number of carbonyl (C=O) groups excluding carboxylic acids is 1. The summed E-state index contributed by atoms with van der Waals surface area (Å²) < 4.78 is 1.93. The normalized spacial score (nSPS) is 10.7. The van der Waals surface area contributed by atoms with E-state index in [-0.39, 0.29) is 5.91 Å². The first-order valence-corrected chi connectivity index (χ1v) is 9.03. The smallest absolute Gasteiger partial charge is 0.232 e. The van der Waals surface area contributed by atoms with Gasteiger partial charge in [0.25, 0.3) is 0 Å². The third kappa shape index (κ3) is 3.86. The van der Waals surface area contributed by atoms with Gasteiger partial charge in [-0.25, -0.2) is 0 Å². The number of aromatic nitrogens is 3. The summed E-state index contributed by atoms with van der Waals surface area (Å²) in [5, 5.41) is 9.87. The fraction of sp³-hybridized carbons (Fsp3) is 0.167. The van der Waals surface area contributed by atoms with Crippen LogP contribution in [0.5, 0.6) is 0 Å². The molecule has 0 spiro atoms. The Balaban J connectivity index is 2.05. The number of thioether (sulfide) groups is 1. The number of benzene rings is 2. The van der Waals surface area contributed by atoms with Crippen molar-refractivity contribution in [1.82, 2.24) is 19.7 Å². The molecule has 5 nitrogen and oxygen atoms in total. The van der Waals surface area contributed by atoms with Crippen LogP contribution in [0.1, 0.15) is 0 Å². The Morgan fingerprint density at radius 2 is 1.76 bits per heavy atom. The van der Waals surface area contributed by atoms with Crippen molar-refractivity contribution in [3.63, 3.8) is 0 Å². The second-order valence-corrected chi connectivity index (χ2v) is 6.88. The van der Waals surface area contributed by atoms with Crippen LogP contribution in [0.25, 0.3) is 17.1 Å². The van der Waals surface area contributed by atoms with E-state index in [0.29, 0.717) is 21.8 Å². The first-order chi connectivity index (χ1) is 12.1. The minimum Gasteiger partial charge on any atom is -0.348 e. The van der Waals surface area contributed by atoms with E-state index in [1.54, 1.807) is 19.0 Å². The molecule has 0 saturated carbocycles. The highest BCUT2D eigenvalue weighted by Crippen LogP contribution is 2.31. The maximum atomic E-state index is 11.9. The van der Waals surface area contributed by atoms with Crippen molar-refractivity contribution < 1.29 is 4.79 Å². The van der Waals surface area contributed by atoms with Crippen molar-refractivity contribution in [3.8, 4) is 17.1 Å². The predicted molar refractivity (Wildman–Crippen MR) is 101 cm³/mol. The fourth-order valence-corrected chi connectivity index (χ4v) is 3.40. The van der Waals surface area contributed by atoms with Crippen LogP contribution in [0.3, 0.4) is 0 Å². The zero-order valence-electron chi connectivity index (χ0n) is 13.9. The van der Waals surface area contributed by atoms with E-state index in [4.69, 9.17) is 11.6 Å². The van der Waals surface area contributed by atoms with Crippen molar-refractivity contribution in [2.75, 3.05) is 19.8 Å². The van der Waals surface area contributed by atoms with E-state index in [2.05, 4.69) is 10.2 Å². The van der Waals surface area contributed by atoms with Gasteiger partial charge in [0.05, 0.1) is 10.8 Å². The highest BCUT2D eigenvalue weighted by atomic mass is 35.5. The largest absolute Gasteiger partial charge is 0.348 e. The zero-order chi connectivity index (χ0) is 17.8. The number of para-hydroxylation sites is 1. The van der Waals surface area contributed by atoms with Gasteiger partial charge >= 0.3 is 0 Å². The Morgan fingerprint density at radius 1 is 1.08 bits per heavy atom. The first kappa shape index (κ1) is 17.5. The maximum absolute atomic E-state index is 11.9. The van der Waals surface area contributed by atoms with Crippen LogP contribution in [0.4, 0.5) is 0 Å². The minimum absolute atomic E-state index is 0.0203. The number of carbonyl (C=O) groups is 1. The lowest BCUT2D eigenvalue weighted by molar-refractivity contribution is -0.125. The van der Waals surface area contributed by atoms with Crippen molar-refractivity contribution in [1.29, 1.82) is 0 Å². The fourth-order valence-electron chi connectivity index (χ4n) is 2.25. The molecule has 0 radical (unpaired) electrons. The topological polar surface area (TPSA) is 51.0 Å². The Bertz CT molecular complexity index is 880. The second-order valence-electron chi connectivity index (χ2n) is 5.53. The molecule has 0 N–H and O–H groups in total. The summed E-state index contributed by atoms with van der Waals surface area (Å²) in [5.41, 5.74) is 1.72. The Hall–Kier alpha value is -2.31. The van der Waals surface area contributed by atoms with Crippen LogP contribution in [0, 0.1) is 0 Å². The van der Waals surface area contributed by atoms with Gasteiger partial charge in [-0.2, -0.15) is 0 Å². The molecular formula is C18H17ClN4OS. The lowest BCUT2D eigenvalue weighted by atomic mass is 10.2. The molecule has 25 heavy (non-hydrogen) atoms. The zero-order valence-corrected chi connectivity index (χ0v) is 15.5. The van der Waals surface area contributed by atoms with E-state index >= 15 is 0 Å². The van der Waals surface area contributed by atoms with Crippen LogP contribution in [-0.2, 0) is 4.79 Å². The SMILES string of the molecule is CN(C)C(=O)CSc1nnc(-c2ccccc2Cl)n1-c1ccccc1. The van der Waals surface area contributed by atoms with E-state index in [9.17, 15) is 4.79 Å². The summed E-state index contributed by atoms with van der Waals surface area (Å²) in [6.07, 6.45) is 0. The summed E-state index contributed by atoms with van der Waals surface area (Å²) >= 11 is 7.70. The molecule has 0 saturated heterocycles. The summed E-state index contributed by atoms with van der Waals surface area (Å²) in [6, 6.07) is 17.3. The molecule has 0 unspecified atom stereocenters. The van der Waals surface area contributed by atoms with Gasteiger partial charge in [0.2, 0.25) is 5.91 Å². The highest BCUT2D eigenvalue weighted by Gasteiger charge is 2.19. The number of nitrogens with zero attached hydrogens (tertiary/aromatic N) is 4. The molecule has 0 aliphatic rings. The van der Waals surface area contributed by atoms with E-state index in [0.717, 1.165) is 11.3 Å². The Kier molecular flexibility index (Phi) is 5.40. The third-order valence-corrected chi connectivity index (χ3v) is 4.83. The quantitative estimate of drug-likeness (QED) is 0.640. The molecule has 7 heteroatoms. The van der Waals surface area contributed by atoms with Crippen LogP contribution < -0.4 is 0 Å². The summed E-state index contributed by atoms with van der Waals surface area (Å²) in [4.78, 5) is 13.5. The molecule has 2 aromatic carbocycles. The Morgan fingerprint density at radius 3 is 2.44 bits per heavy atom. The van der Waals surface area contributed by atoms with Gasteiger partial charge in [0.15, 0.2) is 11.0 Å². The van der Waals surface area contributed by atoms with Crippen molar-refractivity contribution in [2.24, 2.45) is 0 Å². The van der Waals surface area contributed by atoms with E-state index in [1.165, 1.54) is 11.8 Å². The molecule has 0 aliphatic carbocycles. The van der Waals surface area contributed by atoms with E-state index < -0.39 is 0 Å². The van der Waals surface area contributed by atoms with Crippen molar-refractivity contribution >= 4 is 29.3 Å². The van der Waals surface area contributed by atoms with Crippen LogP contribution in [0.15, 0.2) is 59.8 Å². The number of hydrogen-bond acceptors (Lipinski definition) is 4. The number of rotatable bonds is 5. The maximum Gasteiger partial charge on any atom is 0.232 e. The molecule has 128 valence electrons. The highest BCUT2D eigenvalue weighted by molar-refractivity contribution is 7.99. The van der Waals surface area contributed by atoms with Gasteiger partial charge in [-0.05, 0) is 24.3 Å².